The molecule has 0 aliphatic carbocycles. The number of para-hydroxylation sites is 1. The van der Waals surface area contributed by atoms with Crippen molar-refractivity contribution in [2.45, 2.75) is 20.8 Å². The Morgan fingerprint density at radius 3 is 2.17 bits per heavy atom. The quantitative estimate of drug-likeness (QED) is 0.764. The lowest BCUT2D eigenvalue weighted by atomic mass is 10.1. The van der Waals surface area contributed by atoms with Crippen LogP contribution in [0.2, 0.25) is 0 Å². The van der Waals surface area contributed by atoms with Crippen LogP contribution in [-0.2, 0) is 4.79 Å². The Morgan fingerprint density at radius 2 is 1.58 bits per heavy atom. The zero-order valence-electron chi connectivity index (χ0n) is 14.3. The van der Waals surface area contributed by atoms with Gasteiger partial charge in [0, 0.05) is 23.5 Å². The molecule has 0 saturated carbocycles. The minimum absolute atomic E-state index is 0.118. The number of hydrogen-bond acceptors (Lipinski definition) is 3. The monoisotopic (exact) mass is 325 g/mol. The molecule has 0 unspecified atom stereocenters. The highest BCUT2D eigenvalue weighted by atomic mass is 16.2. The summed E-state index contributed by atoms with van der Waals surface area (Å²) in [7, 11) is 0. The van der Waals surface area contributed by atoms with E-state index in [9.17, 15) is 9.59 Å². The third kappa shape index (κ3) is 4.59. The Balaban J connectivity index is 1.92. The van der Waals surface area contributed by atoms with Crippen LogP contribution in [0.5, 0.6) is 0 Å². The molecule has 5 nitrogen and oxygen atoms in total. The van der Waals surface area contributed by atoms with Crippen LogP contribution < -0.4 is 16.0 Å². The molecule has 2 aromatic rings. The van der Waals surface area contributed by atoms with Crippen LogP contribution in [0.25, 0.3) is 0 Å². The van der Waals surface area contributed by atoms with Gasteiger partial charge in [-0.25, -0.2) is 0 Å². The van der Waals surface area contributed by atoms with E-state index >= 15 is 0 Å². The average Bonchev–Trinajstić information content (AvgIpc) is 2.55. The van der Waals surface area contributed by atoms with Crippen LogP contribution in [0, 0.1) is 13.8 Å². The molecule has 0 radical (unpaired) electrons. The van der Waals surface area contributed by atoms with Gasteiger partial charge in [-0.2, -0.15) is 0 Å². The lowest BCUT2D eigenvalue weighted by Gasteiger charge is -2.12. The number of hydrogen-bond donors (Lipinski definition) is 3. The Kier molecular flexibility index (Phi) is 5.95. The predicted molar refractivity (Wildman–Crippen MR) is 97.5 cm³/mol. The first-order chi connectivity index (χ1) is 11.5. The van der Waals surface area contributed by atoms with Crippen molar-refractivity contribution in [1.29, 1.82) is 0 Å². The summed E-state index contributed by atoms with van der Waals surface area (Å²) < 4.78 is 0. The van der Waals surface area contributed by atoms with Crippen molar-refractivity contribution < 1.29 is 9.59 Å². The molecule has 2 aromatic carbocycles. The first kappa shape index (κ1) is 17.5. The van der Waals surface area contributed by atoms with Gasteiger partial charge in [0.05, 0.1) is 6.54 Å². The number of anilines is 2. The first-order valence-corrected chi connectivity index (χ1v) is 7.99. The zero-order chi connectivity index (χ0) is 17.5. The van der Waals surface area contributed by atoms with Gasteiger partial charge in [-0.1, -0.05) is 18.2 Å². The molecule has 2 rings (SSSR count). The van der Waals surface area contributed by atoms with E-state index in [2.05, 4.69) is 16.0 Å². The fraction of sp³-hybridized carbons (Fsp3) is 0.263. The smallest absolute Gasteiger partial charge is 0.251 e. The van der Waals surface area contributed by atoms with Crippen LogP contribution in [0.4, 0.5) is 11.4 Å². The van der Waals surface area contributed by atoms with Crippen molar-refractivity contribution in [1.82, 2.24) is 5.32 Å². The van der Waals surface area contributed by atoms with Crippen molar-refractivity contribution in [2.75, 3.05) is 23.7 Å². The molecule has 0 aliphatic heterocycles. The second kappa shape index (κ2) is 8.15. The third-order valence-electron chi connectivity index (χ3n) is 3.68. The Bertz CT molecular complexity index is 704. The van der Waals surface area contributed by atoms with Gasteiger partial charge in [0.2, 0.25) is 5.91 Å². The van der Waals surface area contributed by atoms with Crippen LogP contribution >= 0.6 is 0 Å². The van der Waals surface area contributed by atoms with Crippen molar-refractivity contribution in [2.24, 2.45) is 0 Å². The highest BCUT2D eigenvalue weighted by molar-refractivity contribution is 5.96. The molecule has 0 bridgehead atoms. The molecule has 0 saturated heterocycles. The molecule has 0 fully saturated rings. The molecule has 3 N–H and O–H groups in total. The number of rotatable bonds is 6. The zero-order valence-corrected chi connectivity index (χ0v) is 14.3. The van der Waals surface area contributed by atoms with Crippen molar-refractivity contribution >= 4 is 23.2 Å². The second-order valence-corrected chi connectivity index (χ2v) is 5.61. The van der Waals surface area contributed by atoms with Crippen LogP contribution in [-0.4, -0.2) is 24.9 Å². The minimum Gasteiger partial charge on any atom is -0.376 e. The summed E-state index contributed by atoms with van der Waals surface area (Å²) in [5.41, 5.74) is 4.43. The summed E-state index contributed by atoms with van der Waals surface area (Å²) in [6, 6.07) is 12.8. The fourth-order valence-electron chi connectivity index (χ4n) is 2.43. The Hall–Kier alpha value is -2.82. The molecular formula is C19H23N3O2. The van der Waals surface area contributed by atoms with Gasteiger partial charge >= 0.3 is 0 Å². The summed E-state index contributed by atoms with van der Waals surface area (Å²) in [6.45, 7) is 6.65. The number of benzene rings is 2. The van der Waals surface area contributed by atoms with E-state index in [4.69, 9.17) is 0 Å². The van der Waals surface area contributed by atoms with Crippen molar-refractivity contribution in [3.8, 4) is 0 Å². The van der Waals surface area contributed by atoms with E-state index in [1.54, 1.807) is 24.3 Å². The maximum absolute atomic E-state index is 12.1. The Morgan fingerprint density at radius 1 is 0.958 bits per heavy atom. The number of carbonyl (C=O) groups is 2. The first-order valence-electron chi connectivity index (χ1n) is 7.99. The summed E-state index contributed by atoms with van der Waals surface area (Å²) in [6.07, 6.45) is 0. The molecule has 0 atom stereocenters. The van der Waals surface area contributed by atoms with Crippen LogP contribution in [0.1, 0.15) is 28.4 Å². The van der Waals surface area contributed by atoms with E-state index in [1.807, 2.05) is 39.0 Å². The van der Waals surface area contributed by atoms with E-state index < -0.39 is 0 Å². The molecule has 0 aliphatic rings. The van der Waals surface area contributed by atoms with E-state index in [1.165, 1.54) is 0 Å². The SMILES string of the molecule is CCNC(=O)c1ccc(NC(=O)CNc2c(C)cccc2C)cc1. The fourth-order valence-corrected chi connectivity index (χ4v) is 2.43. The van der Waals surface area contributed by atoms with E-state index in [-0.39, 0.29) is 18.4 Å². The molecule has 0 aromatic heterocycles. The standard InChI is InChI=1S/C19H23N3O2/c1-4-20-19(24)15-8-10-16(11-9-15)22-17(23)12-21-18-13(2)6-5-7-14(18)3/h5-11,21H,4,12H2,1-3H3,(H,20,24)(H,22,23). The summed E-state index contributed by atoms with van der Waals surface area (Å²) in [4.78, 5) is 23.8. The maximum Gasteiger partial charge on any atom is 0.251 e. The van der Waals surface area contributed by atoms with Gasteiger partial charge in [0.25, 0.3) is 5.91 Å². The number of carbonyl (C=O) groups excluding carboxylic acids is 2. The van der Waals surface area contributed by atoms with Gasteiger partial charge in [-0.15, -0.1) is 0 Å². The average molecular weight is 325 g/mol. The van der Waals surface area contributed by atoms with Crippen LogP contribution in [0.15, 0.2) is 42.5 Å². The second-order valence-electron chi connectivity index (χ2n) is 5.61. The summed E-state index contributed by atoms with van der Waals surface area (Å²) in [5.74, 6) is -0.254. The highest BCUT2D eigenvalue weighted by Crippen LogP contribution is 2.19. The van der Waals surface area contributed by atoms with Gasteiger partial charge in [-0.3, -0.25) is 9.59 Å². The molecule has 5 heteroatoms. The van der Waals surface area contributed by atoms with Gasteiger partial charge in [-0.05, 0) is 56.2 Å². The lowest BCUT2D eigenvalue weighted by molar-refractivity contribution is -0.114. The summed E-state index contributed by atoms with van der Waals surface area (Å²) >= 11 is 0. The van der Waals surface area contributed by atoms with Gasteiger partial charge < -0.3 is 16.0 Å². The predicted octanol–water partition coefficient (Wildman–Crippen LogP) is 3.10. The Labute approximate surface area is 142 Å². The largest absolute Gasteiger partial charge is 0.376 e. The number of aryl methyl sites for hydroxylation is 2. The molecular weight excluding hydrogens is 302 g/mol. The molecule has 24 heavy (non-hydrogen) atoms. The highest BCUT2D eigenvalue weighted by Gasteiger charge is 2.07. The number of amides is 2. The summed E-state index contributed by atoms with van der Waals surface area (Å²) in [5, 5.41) is 8.72. The van der Waals surface area contributed by atoms with Crippen molar-refractivity contribution in [3.63, 3.8) is 0 Å². The van der Waals surface area contributed by atoms with Gasteiger partial charge in [0.1, 0.15) is 0 Å². The van der Waals surface area contributed by atoms with Crippen molar-refractivity contribution in [3.05, 3.63) is 59.2 Å². The van der Waals surface area contributed by atoms with Gasteiger partial charge in [0.15, 0.2) is 0 Å². The minimum atomic E-state index is -0.136. The topological polar surface area (TPSA) is 70.2 Å². The molecule has 0 heterocycles. The van der Waals surface area contributed by atoms with Crippen LogP contribution in [0.3, 0.4) is 0 Å². The van der Waals surface area contributed by atoms with E-state index in [0.29, 0.717) is 17.8 Å². The molecule has 126 valence electrons. The maximum atomic E-state index is 12.1. The van der Waals surface area contributed by atoms with E-state index in [0.717, 1.165) is 16.8 Å². The lowest BCUT2D eigenvalue weighted by Crippen LogP contribution is -2.23. The number of nitrogens with one attached hydrogen (secondary N) is 3. The third-order valence-corrected chi connectivity index (χ3v) is 3.68. The molecule has 2 amide bonds. The normalized spacial score (nSPS) is 10.1. The molecule has 0 spiro atoms.